The van der Waals surface area contributed by atoms with Gasteiger partial charge in [0.1, 0.15) is 12.7 Å². The van der Waals surface area contributed by atoms with Gasteiger partial charge >= 0.3 is 0 Å². The van der Waals surface area contributed by atoms with Crippen molar-refractivity contribution in [3.63, 3.8) is 0 Å². The third-order valence-corrected chi connectivity index (χ3v) is 2.95. The van der Waals surface area contributed by atoms with E-state index in [2.05, 4.69) is 15.1 Å². The van der Waals surface area contributed by atoms with Crippen molar-refractivity contribution in [3.8, 4) is 5.69 Å². The molecule has 0 spiro atoms. The average Bonchev–Trinajstić information content (AvgIpc) is 3.08. The van der Waals surface area contributed by atoms with Gasteiger partial charge in [-0.1, -0.05) is 18.2 Å². The molecular formula is C16H12N4O. The Labute approximate surface area is 121 Å². The predicted molar refractivity (Wildman–Crippen MR) is 79.0 cm³/mol. The minimum atomic E-state index is -0.0662. The van der Waals surface area contributed by atoms with Crippen LogP contribution in [0.2, 0.25) is 0 Å². The van der Waals surface area contributed by atoms with Gasteiger partial charge in [0.25, 0.3) is 0 Å². The van der Waals surface area contributed by atoms with Crippen molar-refractivity contribution in [2.75, 3.05) is 0 Å². The Morgan fingerprint density at radius 1 is 1.10 bits per heavy atom. The second-order valence-electron chi connectivity index (χ2n) is 4.37. The fourth-order valence-corrected chi connectivity index (χ4v) is 1.86. The molecular weight excluding hydrogens is 264 g/mol. The first-order chi connectivity index (χ1) is 10.3. The van der Waals surface area contributed by atoms with E-state index < -0.39 is 0 Å². The molecule has 0 atom stereocenters. The van der Waals surface area contributed by atoms with Crippen LogP contribution in [0, 0.1) is 0 Å². The zero-order valence-corrected chi connectivity index (χ0v) is 11.1. The van der Waals surface area contributed by atoms with E-state index in [1.807, 2.05) is 24.3 Å². The molecule has 3 rings (SSSR count). The van der Waals surface area contributed by atoms with Crippen LogP contribution in [0.15, 0.2) is 67.5 Å². The van der Waals surface area contributed by atoms with E-state index in [-0.39, 0.29) is 5.78 Å². The van der Waals surface area contributed by atoms with Crippen LogP contribution in [0.5, 0.6) is 0 Å². The zero-order chi connectivity index (χ0) is 14.5. The normalized spacial score (nSPS) is 10.9. The van der Waals surface area contributed by atoms with Gasteiger partial charge in [0, 0.05) is 18.0 Å². The van der Waals surface area contributed by atoms with Crippen LogP contribution in [-0.2, 0) is 0 Å². The number of allylic oxidation sites excluding steroid dienone is 1. The highest BCUT2D eigenvalue weighted by Crippen LogP contribution is 2.10. The number of pyridine rings is 1. The fraction of sp³-hybridized carbons (Fsp3) is 0. The second-order valence-corrected chi connectivity index (χ2v) is 4.37. The van der Waals surface area contributed by atoms with Crippen LogP contribution in [0.3, 0.4) is 0 Å². The minimum absolute atomic E-state index is 0.0662. The molecule has 102 valence electrons. The van der Waals surface area contributed by atoms with Crippen molar-refractivity contribution in [3.05, 3.63) is 78.6 Å². The van der Waals surface area contributed by atoms with E-state index in [1.165, 1.54) is 6.33 Å². The molecule has 0 saturated heterocycles. The summed E-state index contributed by atoms with van der Waals surface area (Å²) in [5, 5.41) is 4.06. The van der Waals surface area contributed by atoms with Crippen molar-refractivity contribution >= 4 is 11.9 Å². The number of hydrogen-bond donors (Lipinski definition) is 0. The van der Waals surface area contributed by atoms with E-state index in [1.54, 1.807) is 47.7 Å². The summed E-state index contributed by atoms with van der Waals surface area (Å²) >= 11 is 0. The molecule has 0 amide bonds. The van der Waals surface area contributed by atoms with Crippen LogP contribution in [-0.4, -0.2) is 25.5 Å². The number of carbonyl (C=O) groups excluding carboxylic acids is 1. The Kier molecular flexibility index (Phi) is 3.64. The van der Waals surface area contributed by atoms with Gasteiger partial charge in [-0.2, -0.15) is 5.10 Å². The third kappa shape index (κ3) is 3.09. The maximum Gasteiger partial charge on any atom is 0.187 e. The van der Waals surface area contributed by atoms with Crippen molar-refractivity contribution in [2.45, 2.75) is 0 Å². The van der Waals surface area contributed by atoms with Gasteiger partial charge in [0.15, 0.2) is 5.78 Å². The Morgan fingerprint density at radius 3 is 2.62 bits per heavy atom. The molecule has 0 aliphatic rings. The van der Waals surface area contributed by atoms with Gasteiger partial charge in [-0.3, -0.25) is 9.78 Å². The lowest BCUT2D eigenvalue weighted by Gasteiger charge is -2.00. The zero-order valence-electron chi connectivity index (χ0n) is 11.1. The quantitative estimate of drug-likeness (QED) is 0.542. The van der Waals surface area contributed by atoms with E-state index in [0.717, 1.165) is 11.3 Å². The maximum absolute atomic E-state index is 11.9. The summed E-state index contributed by atoms with van der Waals surface area (Å²) < 4.78 is 1.67. The van der Waals surface area contributed by atoms with Gasteiger partial charge < -0.3 is 0 Å². The van der Waals surface area contributed by atoms with E-state index in [0.29, 0.717) is 5.56 Å². The molecule has 0 aliphatic carbocycles. The summed E-state index contributed by atoms with van der Waals surface area (Å²) in [6, 6.07) is 11.2. The Morgan fingerprint density at radius 2 is 1.95 bits per heavy atom. The lowest BCUT2D eigenvalue weighted by atomic mass is 10.1. The largest absolute Gasteiger partial charge is 0.289 e. The van der Waals surface area contributed by atoms with Gasteiger partial charge in [0.2, 0.25) is 0 Å². The standard InChI is InChI=1S/C16H12N4O/c21-16(14-2-1-9-17-10-14)8-5-13-3-6-15(7-4-13)20-12-18-11-19-20/h1-12H/b8-5+. The maximum atomic E-state index is 11.9. The van der Waals surface area contributed by atoms with Crippen molar-refractivity contribution < 1.29 is 4.79 Å². The molecule has 2 heterocycles. The summed E-state index contributed by atoms with van der Waals surface area (Å²) in [5.41, 5.74) is 2.44. The summed E-state index contributed by atoms with van der Waals surface area (Å²) in [7, 11) is 0. The molecule has 21 heavy (non-hydrogen) atoms. The topological polar surface area (TPSA) is 60.7 Å². The Bertz CT molecular complexity index is 747. The second kappa shape index (κ2) is 5.92. The molecule has 1 aromatic carbocycles. The SMILES string of the molecule is O=C(/C=C/c1ccc(-n2cncn2)cc1)c1cccnc1. The number of carbonyl (C=O) groups is 1. The molecule has 3 aromatic rings. The first kappa shape index (κ1) is 12.9. The molecule has 0 radical (unpaired) electrons. The molecule has 0 unspecified atom stereocenters. The third-order valence-electron chi connectivity index (χ3n) is 2.95. The first-order valence-electron chi connectivity index (χ1n) is 6.40. The van der Waals surface area contributed by atoms with E-state index in [4.69, 9.17) is 0 Å². The summed E-state index contributed by atoms with van der Waals surface area (Å²) in [4.78, 5) is 19.8. The molecule has 0 bridgehead atoms. The van der Waals surface area contributed by atoms with Gasteiger partial charge in [-0.05, 0) is 35.9 Å². The van der Waals surface area contributed by atoms with E-state index in [9.17, 15) is 4.79 Å². The van der Waals surface area contributed by atoms with E-state index >= 15 is 0 Å². The van der Waals surface area contributed by atoms with Crippen molar-refractivity contribution in [1.82, 2.24) is 19.7 Å². The van der Waals surface area contributed by atoms with Gasteiger partial charge in [-0.25, -0.2) is 9.67 Å². The highest BCUT2D eigenvalue weighted by atomic mass is 16.1. The fourth-order valence-electron chi connectivity index (χ4n) is 1.86. The highest BCUT2D eigenvalue weighted by Gasteiger charge is 2.00. The number of nitrogens with zero attached hydrogens (tertiary/aromatic N) is 4. The Hall–Kier alpha value is -3.08. The molecule has 2 aromatic heterocycles. The molecule has 0 N–H and O–H groups in total. The van der Waals surface area contributed by atoms with Crippen LogP contribution >= 0.6 is 0 Å². The first-order valence-corrected chi connectivity index (χ1v) is 6.40. The van der Waals surface area contributed by atoms with Crippen molar-refractivity contribution in [1.29, 1.82) is 0 Å². The number of ketones is 1. The van der Waals surface area contributed by atoms with Crippen molar-refractivity contribution in [2.24, 2.45) is 0 Å². The number of benzene rings is 1. The number of rotatable bonds is 4. The monoisotopic (exact) mass is 276 g/mol. The molecule has 0 aliphatic heterocycles. The Balaban J connectivity index is 1.73. The van der Waals surface area contributed by atoms with Crippen LogP contribution in [0.1, 0.15) is 15.9 Å². The molecule has 0 fully saturated rings. The summed E-state index contributed by atoms with van der Waals surface area (Å²) in [5.74, 6) is -0.0662. The molecule has 5 nitrogen and oxygen atoms in total. The predicted octanol–water partition coefficient (Wildman–Crippen LogP) is 2.56. The van der Waals surface area contributed by atoms with Crippen LogP contribution < -0.4 is 0 Å². The number of hydrogen-bond acceptors (Lipinski definition) is 4. The molecule has 5 heteroatoms. The summed E-state index contributed by atoms with van der Waals surface area (Å²) in [6.07, 6.45) is 9.64. The lowest BCUT2D eigenvalue weighted by Crippen LogP contribution is -1.95. The minimum Gasteiger partial charge on any atom is -0.289 e. The lowest BCUT2D eigenvalue weighted by molar-refractivity contribution is 0.104. The summed E-state index contributed by atoms with van der Waals surface area (Å²) in [6.45, 7) is 0. The molecule has 0 saturated carbocycles. The average molecular weight is 276 g/mol. The van der Waals surface area contributed by atoms with Crippen LogP contribution in [0.4, 0.5) is 0 Å². The highest BCUT2D eigenvalue weighted by molar-refractivity contribution is 6.06. The van der Waals surface area contributed by atoms with Gasteiger partial charge in [-0.15, -0.1) is 0 Å². The van der Waals surface area contributed by atoms with Crippen LogP contribution in [0.25, 0.3) is 11.8 Å². The number of aromatic nitrogens is 4. The van der Waals surface area contributed by atoms with Gasteiger partial charge in [0.05, 0.1) is 5.69 Å². The smallest absolute Gasteiger partial charge is 0.187 e.